The van der Waals surface area contributed by atoms with Crippen molar-refractivity contribution in [3.63, 3.8) is 0 Å². The maximum atomic E-state index is 4.99. The molecule has 1 aromatic heterocycles. The van der Waals surface area contributed by atoms with Crippen LogP contribution in [-0.2, 0) is 12.8 Å². The second kappa shape index (κ2) is 5.43. The van der Waals surface area contributed by atoms with Crippen LogP contribution in [0.2, 0.25) is 0 Å². The van der Waals surface area contributed by atoms with Gasteiger partial charge in [-0.15, -0.1) is 0 Å². The second-order valence-corrected chi connectivity index (χ2v) is 6.09. The number of benzene rings is 1. The number of nitrogens with one attached hydrogen (secondary N) is 1. The fourth-order valence-electron chi connectivity index (χ4n) is 3.17. The molecule has 1 aliphatic rings. The SMILES string of the molecule is CCNc1cc(C(C)C)nc2c3c(ccc12)CCCC3. The third-order valence-corrected chi connectivity index (χ3v) is 4.28. The first-order chi connectivity index (χ1) is 9.70. The van der Waals surface area contributed by atoms with Crippen LogP contribution in [-0.4, -0.2) is 11.5 Å². The second-order valence-electron chi connectivity index (χ2n) is 6.09. The Kier molecular flexibility index (Phi) is 3.64. The third-order valence-electron chi connectivity index (χ3n) is 4.28. The molecule has 106 valence electrons. The molecule has 1 aromatic carbocycles. The van der Waals surface area contributed by atoms with Gasteiger partial charge in [0.2, 0.25) is 0 Å². The molecule has 0 fully saturated rings. The molecule has 0 saturated heterocycles. The number of aryl methyl sites for hydroxylation is 2. The van der Waals surface area contributed by atoms with Crippen LogP contribution in [0.5, 0.6) is 0 Å². The Morgan fingerprint density at radius 3 is 2.75 bits per heavy atom. The van der Waals surface area contributed by atoms with Crippen molar-refractivity contribution in [2.45, 2.75) is 52.4 Å². The van der Waals surface area contributed by atoms with Crippen molar-refractivity contribution in [2.75, 3.05) is 11.9 Å². The fraction of sp³-hybridized carbons (Fsp3) is 0.500. The summed E-state index contributed by atoms with van der Waals surface area (Å²) in [5, 5.41) is 4.80. The summed E-state index contributed by atoms with van der Waals surface area (Å²) in [5.74, 6) is 0.469. The first-order valence-corrected chi connectivity index (χ1v) is 7.90. The molecule has 0 saturated carbocycles. The van der Waals surface area contributed by atoms with Crippen molar-refractivity contribution in [2.24, 2.45) is 0 Å². The summed E-state index contributed by atoms with van der Waals surface area (Å²) in [6, 6.07) is 6.80. The molecular weight excluding hydrogens is 244 g/mol. The van der Waals surface area contributed by atoms with Crippen LogP contribution in [0.3, 0.4) is 0 Å². The zero-order chi connectivity index (χ0) is 14.1. The Labute approximate surface area is 121 Å². The van der Waals surface area contributed by atoms with Gasteiger partial charge in [-0.1, -0.05) is 26.0 Å². The predicted molar refractivity (Wildman–Crippen MR) is 86.6 cm³/mol. The summed E-state index contributed by atoms with van der Waals surface area (Å²) < 4.78 is 0. The zero-order valence-corrected chi connectivity index (χ0v) is 12.8. The average molecular weight is 268 g/mol. The van der Waals surface area contributed by atoms with Gasteiger partial charge in [0.15, 0.2) is 0 Å². The number of pyridine rings is 1. The average Bonchev–Trinajstić information content (AvgIpc) is 2.47. The van der Waals surface area contributed by atoms with Crippen molar-refractivity contribution in [3.05, 3.63) is 35.0 Å². The quantitative estimate of drug-likeness (QED) is 0.875. The van der Waals surface area contributed by atoms with Crippen LogP contribution >= 0.6 is 0 Å². The highest BCUT2D eigenvalue weighted by Crippen LogP contribution is 2.33. The lowest BCUT2D eigenvalue weighted by atomic mass is 9.89. The van der Waals surface area contributed by atoms with Crippen LogP contribution < -0.4 is 5.32 Å². The van der Waals surface area contributed by atoms with E-state index in [1.54, 1.807) is 0 Å². The normalized spacial score (nSPS) is 14.6. The van der Waals surface area contributed by atoms with Crippen molar-refractivity contribution < 1.29 is 0 Å². The lowest BCUT2D eigenvalue weighted by molar-refractivity contribution is 0.688. The van der Waals surface area contributed by atoms with E-state index in [1.165, 1.54) is 59.1 Å². The van der Waals surface area contributed by atoms with Crippen LogP contribution in [0.1, 0.15) is 56.4 Å². The Morgan fingerprint density at radius 2 is 2.00 bits per heavy atom. The minimum Gasteiger partial charge on any atom is -0.385 e. The molecule has 1 aliphatic carbocycles. The molecular formula is C18H24N2. The van der Waals surface area contributed by atoms with E-state index in [-0.39, 0.29) is 0 Å². The summed E-state index contributed by atoms with van der Waals surface area (Å²) in [4.78, 5) is 4.99. The maximum absolute atomic E-state index is 4.99. The molecule has 0 spiro atoms. The molecule has 0 atom stereocenters. The van der Waals surface area contributed by atoms with Crippen molar-refractivity contribution >= 4 is 16.6 Å². The highest BCUT2D eigenvalue weighted by Gasteiger charge is 2.16. The van der Waals surface area contributed by atoms with E-state index in [2.05, 4.69) is 44.3 Å². The van der Waals surface area contributed by atoms with Crippen LogP contribution in [0.25, 0.3) is 10.9 Å². The highest BCUT2D eigenvalue weighted by atomic mass is 14.9. The molecule has 20 heavy (non-hydrogen) atoms. The molecule has 1 N–H and O–H groups in total. The van der Waals surface area contributed by atoms with E-state index in [1.807, 2.05) is 0 Å². The van der Waals surface area contributed by atoms with E-state index in [9.17, 15) is 0 Å². The minimum atomic E-state index is 0.469. The van der Waals surface area contributed by atoms with Gasteiger partial charge in [-0.2, -0.15) is 0 Å². The molecule has 0 radical (unpaired) electrons. The number of hydrogen-bond acceptors (Lipinski definition) is 2. The van der Waals surface area contributed by atoms with E-state index in [4.69, 9.17) is 4.98 Å². The van der Waals surface area contributed by atoms with Crippen molar-refractivity contribution in [1.29, 1.82) is 0 Å². The molecule has 0 bridgehead atoms. The number of nitrogens with zero attached hydrogens (tertiary/aromatic N) is 1. The van der Waals surface area contributed by atoms with Crippen LogP contribution in [0.15, 0.2) is 18.2 Å². The van der Waals surface area contributed by atoms with Gasteiger partial charge in [0.1, 0.15) is 0 Å². The topological polar surface area (TPSA) is 24.9 Å². The van der Waals surface area contributed by atoms with Gasteiger partial charge in [-0.3, -0.25) is 4.98 Å². The molecule has 1 heterocycles. The summed E-state index contributed by atoms with van der Waals surface area (Å²) in [6.45, 7) is 7.55. The first-order valence-electron chi connectivity index (χ1n) is 7.90. The Hall–Kier alpha value is -1.57. The van der Waals surface area contributed by atoms with Gasteiger partial charge in [0, 0.05) is 23.3 Å². The van der Waals surface area contributed by atoms with Gasteiger partial charge < -0.3 is 5.32 Å². The highest BCUT2D eigenvalue weighted by molar-refractivity contribution is 5.94. The van der Waals surface area contributed by atoms with E-state index >= 15 is 0 Å². The Bertz CT molecular complexity index is 629. The third kappa shape index (κ3) is 2.28. The molecule has 0 amide bonds. The maximum Gasteiger partial charge on any atom is 0.0760 e. The lowest BCUT2D eigenvalue weighted by Gasteiger charge is -2.20. The molecule has 2 nitrogen and oxygen atoms in total. The number of hydrogen-bond donors (Lipinski definition) is 1. The number of anilines is 1. The fourth-order valence-corrected chi connectivity index (χ4v) is 3.17. The van der Waals surface area contributed by atoms with Crippen molar-refractivity contribution in [3.8, 4) is 0 Å². The standard InChI is InChI=1S/C18H24N2/c1-4-19-17-11-16(12(2)3)20-18-14-8-6-5-7-13(14)9-10-15(17)18/h9-12H,4-8H2,1-3H3,(H,19,20). The molecule has 2 aromatic rings. The largest absolute Gasteiger partial charge is 0.385 e. The smallest absolute Gasteiger partial charge is 0.0760 e. The summed E-state index contributed by atoms with van der Waals surface area (Å²) in [7, 11) is 0. The van der Waals surface area contributed by atoms with Gasteiger partial charge >= 0.3 is 0 Å². The van der Waals surface area contributed by atoms with Crippen LogP contribution in [0, 0.1) is 0 Å². The molecule has 0 unspecified atom stereocenters. The molecule has 0 aliphatic heterocycles. The Morgan fingerprint density at radius 1 is 1.20 bits per heavy atom. The predicted octanol–water partition coefficient (Wildman–Crippen LogP) is 4.67. The van der Waals surface area contributed by atoms with Gasteiger partial charge in [-0.25, -0.2) is 0 Å². The number of aromatic nitrogens is 1. The van der Waals surface area contributed by atoms with Crippen LogP contribution in [0.4, 0.5) is 5.69 Å². The zero-order valence-electron chi connectivity index (χ0n) is 12.8. The summed E-state index contributed by atoms with van der Waals surface area (Å²) >= 11 is 0. The van der Waals surface area contributed by atoms with E-state index in [0.717, 1.165) is 6.54 Å². The number of rotatable bonds is 3. The summed E-state index contributed by atoms with van der Waals surface area (Å²) in [5.41, 5.74) is 6.70. The first kappa shape index (κ1) is 13.4. The van der Waals surface area contributed by atoms with E-state index in [0.29, 0.717) is 5.92 Å². The van der Waals surface area contributed by atoms with Gasteiger partial charge in [0.05, 0.1) is 5.52 Å². The van der Waals surface area contributed by atoms with Gasteiger partial charge in [-0.05, 0) is 55.7 Å². The molecule has 3 rings (SSSR count). The van der Waals surface area contributed by atoms with Crippen molar-refractivity contribution in [1.82, 2.24) is 4.98 Å². The molecule has 2 heteroatoms. The van der Waals surface area contributed by atoms with Gasteiger partial charge in [0.25, 0.3) is 0 Å². The Balaban J connectivity index is 2.27. The minimum absolute atomic E-state index is 0.469. The monoisotopic (exact) mass is 268 g/mol. The number of fused-ring (bicyclic) bond motifs is 3. The lowest BCUT2D eigenvalue weighted by Crippen LogP contribution is -2.07. The summed E-state index contributed by atoms with van der Waals surface area (Å²) in [6.07, 6.45) is 5.03. The van der Waals surface area contributed by atoms with E-state index < -0.39 is 0 Å².